The molecule has 5 nitrogen and oxygen atoms in total. The Bertz CT molecular complexity index is 557. The number of likely N-dealkylation sites (tertiary alicyclic amines) is 1. The molecule has 124 valence electrons. The molecule has 0 radical (unpaired) electrons. The Labute approximate surface area is 138 Å². The molecular formula is C18H26N4O. The maximum absolute atomic E-state index is 13.3. The summed E-state index contributed by atoms with van der Waals surface area (Å²) in [6.45, 7) is 2.70. The minimum atomic E-state index is -0.173. The van der Waals surface area contributed by atoms with E-state index in [1.807, 2.05) is 6.20 Å². The van der Waals surface area contributed by atoms with Crippen molar-refractivity contribution in [2.45, 2.75) is 57.4 Å². The molecule has 1 amide bonds. The molecule has 1 aromatic heterocycles. The van der Waals surface area contributed by atoms with E-state index in [4.69, 9.17) is 0 Å². The van der Waals surface area contributed by atoms with Gasteiger partial charge in [-0.25, -0.2) is 4.98 Å². The van der Waals surface area contributed by atoms with Gasteiger partial charge < -0.3 is 9.80 Å². The molecule has 0 unspecified atom stereocenters. The lowest BCUT2D eigenvalue weighted by Gasteiger charge is -2.44. The monoisotopic (exact) mass is 314 g/mol. The summed E-state index contributed by atoms with van der Waals surface area (Å²) in [5.74, 6) is 1.33. The van der Waals surface area contributed by atoms with Crippen LogP contribution in [0.25, 0.3) is 0 Å². The largest absolute Gasteiger partial charge is 0.354 e. The molecule has 23 heavy (non-hydrogen) atoms. The molecule has 3 fully saturated rings. The number of carbonyl (C=O) groups is 1. The van der Waals surface area contributed by atoms with Gasteiger partial charge >= 0.3 is 0 Å². The van der Waals surface area contributed by atoms with E-state index >= 15 is 0 Å². The second-order valence-electron chi connectivity index (χ2n) is 7.41. The van der Waals surface area contributed by atoms with Gasteiger partial charge in [0.25, 0.3) is 0 Å². The van der Waals surface area contributed by atoms with Crippen molar-refractivity contribution in [3.05, 3.63) is 18.6 Å². The zero-order valence-corrected chi connectivity index (χ0v) is 13.8. The van der Waals surface area contributed by atoms with E-state index in [2.05, 4.69) is 19.8 Å². The molecule has 0 bridgehead atoms. The zero-order chi connectivity index (χ0) is 15.7. The van der Waals surface area contributed by atoms with Crippen LogP contribution in [0, 0.1) is 5.41 Å². The SMILES string of the molecule is O=C1N(C2CCCCC2)CCC[C@@]12CCN(c1cnccn1)C2. The Balaban J connectivity index is 1.50. The number of aromatic nitrogens is 2. The van der Waals surface area contributed by atoms with Crippen LogP contribution in [0.4, 0.5) is 5.82 Å². The van der Waals surface area contributed by atoms with Crippen molar-refractivity contribution in [1.82, 2.24) is 14.9 Å². The standard InChI is InChI=1S/C18H26N4O/c23-17-18(7-4-11-22(17)15-5-2-1-3-6-15)8-12-21(14-18)16-13-19-9-10-20-16/h9-10,13,15H,1-8,11-12,14H2/t18-/m0/s1. The van der Waals surface area contributed by atoms with E-state index in [1.54, 1.807) is 12.4 Å². The van der Waals surface area contributed by atoms with Gasteiger partial charge in [-0.3, -0.25) is 9.78 Å². The molecule has 0 aromatic carbocycles. The van der Waals surface area contributed by atoms with Gasteiger partial charge in [-0.2, -0.15) is 0 Å². The Hall–Kier alpha value is -1.65. The lowest BCUT2D eigenvalue weighted by Crippen LogP contribution is -2.54. The lowest BCUT2D eigenvalue weighted by atomic mass is 9.77. The highest BCUT2D eigenvalue weighted by atomic mass is 16.2. The lowest BCUT2D eigenvalue weighted by molar-refractivity contribution is -0.148. The quantitative estimate of drug-likeness (QED) is 0.842. The summed E-state index contributed by atoms with van der Waals surface area (Å²) in [7, 11) is 0. The van der Waals surface area contributed by atoms with Crippen molar-refractivity contribution in [2.24, 2.45) is 5.41 Å². The summed E-state index contributed by atoms with van der Waals surface area (Å²) in [4.78, 5) is 26.4. The number of rotatable bonds is 2. The summed E-state index contributed by atoms with van der Waals surface area (Å²) < 4.78 is 0. The smallest absolute Gasteiger partial charge is 0.230 e. The molecule has 2 aliphatic heterocycles. The fourth-order valence-corrected chi connectivity index (χ4v) is 4.74. The number of carbonyl (C=O) groups excluding carboxylic acids is 1. The summed E-state index contributed by atoms with van der Waals surface area (Å²) >= 11 is 0. The molecule has 0 N–H and O–H groups in total. The second kappa shape index (κ2) is 6.10. The normalized spacial score (nSPS) is 29.5. The van der Waals surface area contributed by atoms with Crippen LogP contribution in [-0.4, -0.2) is 46.5 Å². The third-order valence-corrected chi connectivity index (χ3v) is 6.01. The molecule has 2 saturated heterocycles. The number of piperidine rings is 1. The maximum Gasteiger partial charge on any atom is 0.230 e. The van der Waals surface area contributed by atoms with Gasteiger partial charge in [-0.05, 0) is 32.1 Å². The fraction of sp³-hybridized carbons (Fsp3) is 0.722. The van der Waals surface area contributed by atoms with Gasteiger partial charge in [-0.15, -0.1) is 0 Å². The first kappa shape index (κ1) is 14.9. The van der Waals surface area contributed by atoms with Crippen LogP contribution in [0.15, 0.2) is 18.6 Å². The number of anilines is 1. The van der Waals surface area contributed by atoms with Crippen molar-refractivity contribution in [3.8, 4) is 0 Å². The van der Waals surface area contributed by atoms with Crippen molar-refractivity contribution in [3.63, 3.8) is 0 Å². The van der Waals surface area contributed by atoms with Crippen LogP contribution < -0.4 is 4.90 Å². The molecule has 1 spiro atoms. The van der Waals surface area contributed by atoms with E-state index in [0.29, 0.717) is 11.9 Å². The molecular weight excluding hydrogens is 288 g/mol. The Morgan fingerprint density at radius 1 is 1.04 bits per heavy atom. The van der Waals surface area contributed by atoms with Gasteiger partial charge in [0.1, 0.15) is 5.82 Å². The predicted molar refractivity (Wildman–Crippen MR) is 89.1 cm³/mol. The summed E-state index contributed by atoms with van der Waals surface area (Å²) in [5.41, 5.74) is -0.173. The van der Waals surface area contributed by atoms with Crippen LogP contribution in [0.1, 0.15) is 51.4 Å². The summed E-state index contributed by atoms with van der Waals surface area (Å²) in [6.07, 6.45) is 14.7. The minimum Gasteiger partial charge on any atom is -0.354 e. The Morgan fingerprint density at radius 3 is 2.70 bits per heavy atom. The van der Waals surface area contributed by atoms with Crippen LogP contribution in [0.3, 0.4) is 0 Å². The van der Waals surface area contributed by atoms with E-state index in [0.717, 1.165) is 44.7 Å². The van der Waals surface area contributed by atoms with E-state index in [1.165, 1.54) is 32.1 Å². The molecule has 1 aliphatic carbocycles. The fourth-order valence-electron chi connectivity index (χ4n) is 4.74. The topological polar surface area (TPSA) is 49.3 Å². The van der Waals surface area contributed by atoms with Crippen molar-refractivity contribution < 1.29 is 4.79 Å². The maximum atomic E-state index is 13.3. The highest BCUT2D eigenvalue weighted by molar-refractivity contribution is 5.85. The Morgan fingerprint density at radius 2 is 1.91 bits per heavy atom. The average molecular weight is 314 g/mol. The number of nitrogens with zero attached hydrogens (tertiary/aromatic N) is 4. The van der Waals surface area contributed by atoms with Gasteiger partial charge in [0, 0.05) is 38.1 Å². The molecule has 3 heterocycles. The summed E-state index contributed by atoms with van der Waals surface area (Å²) in [5, 5.41) is 0. The minimum absolute atomic E-state index is 0.173. The number of amides is 1. The third kappa shape index (κ3) is 2.70. The van der Waals surface area contributed by atoms with Crippen molar-refractivity contribution >= 4 is 11.7 Å². The average Bonchev–Trinajstić information content (AvgIpc) is 3.04. The molecule has 1 aromatic rings. The molecule has 1 atom stereocenters. The highest BCUT2D eigenvalue weighted by Crippen LogP contribution is 2.42. The van der Waals surface area contributed by atoms with Gasteiger partial charge in [0.05, 0.1) is 11.6 Å². The van der Waals surface area contributed by atoms with E-state index in [9.17, 15) is 4.79 Å². The second-order valence-corrected chi connectivity index (χ2v) is 7.41. The van der Waals surface area contributed by atoms with Crippen LogP contribution >= 0.6 is 0 Å². The van der Waals surface area contributed by atoms with Gasteiger partial charge in [0.2, 0.25) is 5.91 Å². The third-order valence-electron chi connectivity index (χ3n) is 6.01. The first-order chi connectivity index (χ1) is 11.3. The number of hydrogen-bond donors (Lipinski definition) is 0. The highest BCUT2D eigenvalue weighted by Gasteiger charge is 2.49. The molecule has 1 saturated carbocycles. The Kier molecular flexibility index (Phi) is 3.95. The van der Waals surface area contributed by atoms with Gasteiger partial charge in [0.15, 0.2) is 0 Å². The van der Waals surface area contributed by atoms with Crippen molar-refractivity contribution in [2.75, 3.05) is 24.5 Å². The zero-order valence-electron chi connectivity index (χ0n) is 13.8. The molecule has 3 aliphatic rings. The van der Waals surface area contributed by atoms with E-state index in [-0.39, 0.29) is 5.41 Å². The van der Waals surface area contributed by atoms with Crippen molar-refractivity contribution in [1.29, 1.82) is 0 Å². The van der Waals surface area contributed by atoms with Gasteiger partial charge in [-0.1, -0.05) is 19.3 Å². The van der Waals surface area contributed by atoms with E-state index < -0.39 is 0 Å². The molecule has 5 heteroatoms. The van der Waals surface area contributed by atoms with Crippen LogP contribution in [0.2, 0.25) is 0 Å². The summed E-state index contributed by atoms with van der Waals surface area (Å²) in [6, 6.07) is 0.499. The van der Waals surface area contributed by atoms with Crippen LogP contribution in [-0.2, 0) is 4.79 Å². The predicted octanol–water partition coefficient (Wildman–Crippen LogP) is 2.63. The van der Waals surface area contributed by atoms with Crippen LogP contribution in [0.5, 0.6) is 0 Å². The first-order valence-electron chi connectivity index (χ1n) is 9.11. The number of hydrogen-bond acceptors (Lipinski definition) is 4. The molecule has 4 rings (SSSR count). The first-order valence-corrected chi connectivity index (χ1v) is 9.11.